The third kappa shape index (κ3) is 6.27. The SMILES string of the molecule is C=C(c1ccccc1)c1ccc([SiH](CCCN(C)C)COCC)cc1. The van der Waals surface area contributed by atoms with Crippen LogP contribution in [0.3, 0.4) is 0 Å². The molecule has 0 N–H and O–H groups in total. The van der Waals surface area contributed by atoms with Gasteiger partial charge in [0.05, 0.1) is 0 Å². The first-order chi connectivity index (χ1) is 12.1. The summed E-state index contributed by atoms with van der Waals surface area (Å²) in [6.07, 6.45) is 2.18. The molecule has 0 aliphatic heterocycles. The van der Waals surface area contributed by atoms with Crippen molar-refractivity contribution in [3.8, 4) is 0 Å². The van der Waals surface area contributed by atoms with Crippen LogP contribution in [0, 0.1) is 0 Å². The molecule has 0 amide bonds. The fraction of sp³-hybridized carbons (Fsp3) is 0.364. The van der Waals surface area contributed by atoms with E-state index in [9.17, 15) is 0 Å². The molecule has 2 aromatic rings. The minimum atomic E-state index is -1.07. The molecule has 1 atom stereocenters. The predicted molar refractivity (Wildman–Crippen MR) is 112 cm³/mol. The summed E-state index contributed by atoms with van der Waals surface area (Å²) in [4.78, 5) is 2.26. The van der Waals surface area contributed by atoms with Gasteiger partial charge in [0, 0.05) is 12.8 Å². The average Bonchev–Trinajstić information content (AvgIpc) is 2.64. The quantitative estimate of drug-likeness (QED) is 0.604. The Labute approximate surface area is 154 Å². The summed E-state index contributed by atoms with van der Waals surface area (Å²) in [6.45, 7) is 8.31. The summed E-state index contributed by atoms with van der Waals surface area (Å²) >= 11 is 0. The van der Waals surface area contributed by atoms with Crippen LogP contribution >= 0.6 is 0 Å². The molecule has 0 fully saturated rings. The summed E-state index contributed by atoms with van der Waals surface area (Å²) in [5, 5.41) is 1.50. The third-order valence-corrected chi connectivity index (χ3v) is 7.60. The van der Waals surface area contributed by atoms with Gasteiger partial charge in [0.2, 0.25) is 0 Å². The van der Waals surface area contributed by atoms with Crippen molar-refractivity contribution in [1.82, 2.24) is 4.90 Å². The summed E-state index contributed by atoms with van der Waals surface area (Å²) in [5.41, 5.74) is 3.47. The van der Waals surface area contributed by atoms with Gasteiger partial charge in [-0.3, -0.25) is 0 Å². The van der Waals surface area contributed by atoms with E-state index in [1.165, 1.54) is 28.8 Å². The maximum absolute atomic E-state index is 5.79. The van der Waals surface area contributed by atoms with Crippen LogP contribution in [-0.4, -0.2) is 47.2 Å². The van der Waals surface area contributed by atoms with E-state index in [4.69, 9.17) is 4.74 Å². The molecule has 0 radical (unpaired) electrons. The fourth-order valence-electron chi connectivity index (χ4n) is 3.02. The lowest BCUT2D eigenvalue weighted by molar-refractivity contribution is 0.191. The van der Waals surface area contributed by atoms with Crippen molar-refractivity contribution in [2.24, 2.45) is 0 Å². The molecule has 25 heavy (non-hydrogen) atoms. The maximum Gasteiger partial charge on any atom is 0.100 e. The van der Waals surface area contributed by atoms with Crippen LogP contribution in [0.15, 0.2) is 61.2 Å². The first-order valence-electron chi connectivity index (χ1n) is 9.19. The fourth-order valence-corrected chi connectivity index (χ4v) is 5.65. The van der Waals surface area contributed by atoms with Gasteiger partial charge in [-0.05, 0) is 50.7 Å². The molecule has 0 saturated heterocycles. The van der Waals surface area contributed by atoms with E-state index in [0.29, 0.717) is 0 Å². The smallest absolute Gasteiger partial charge is 0.100 e. The van der Waals surface area contributed by atoms with Crippen molar-refractivity contribution in [1.29, 1.82) is 0 Å². The third-order valence-electron chi connectivity index (χ3n) is 4.53. The number of nitrogens with zero attached hydrogens (tertiary/aromatic N) is 1. The zero-order valence-corrected chi connectivity index (χ0v) is 17.0. The Morgan fingerprint density at radius 2 is 1.64 bits per heavy atom. The molecule has 0 aromatic heterocycles. The Hall–Kier alpha value is -1.68. The average molecular weight is 354 g/mol. The van der Waals surface area contributed by atoms with Crippen molar-refractivity contribution in [3.63, 3.8) is 0 Å². The molecule has 0 aliphatic carbocycles. The van der Waals surface area contributed by atoms with Crippen LogP contribution in [0.4, 0.5) is 0 Å². The number of hydrogen-bond acceptors (Lipinski definition) is 2. The Kier molecular flexibility index (Phi) is 8.12. The van der Waals surface area contributed by atoms with Gasteiger partial charge in [-0.1, -0.05) is 72.4 Å². The molecule has 3 heteroatoms. The zero-order chi connectivity index (χ0) is 18.1. The second-order valence-electron chi connectivity index (χ2n) is 6.77. The molecule has 2 aromatic carbocycles. The Morgan fingerprint density at radius 3 is 2.24 bits per heavy atom. The van der Waals surface area contributed by atoms with Crippen molar-refractivity contribution in [2.45, 2.75) is 19.4 Å². The first-order valence-corrected chi connectivity index (χ1v) is 11.4. The number of rotatable bonds is 10. The van der Waals surface area contributed by atoms with E-state index < -0.39 is 8.80 Å². The molecular weight excluding hydrogens is 322 g/mol. The van der Waals surface area contributed by atoms with Crippen molar-refractivity contribution in [3.05, 3.63) is 72.3 Å². The summed E-state index contributed by atoms with van der Waals surface area (Å²) < 4.78 is 5.79. The van der Waals surface area contributed by atoms with E-state index in [1.54, 1.807) is 0 Å². The van der Waals surface area contributed by atoms with Crippen LogP contribution in [0.1, 0.15) is 24.5 Å². The van der Waals surface area contributed by atoms with Gasteiger partial charge < -0.3 is 9.64 Å². The highest BCUT2D eigenvalue weighted by atomic mass is 28.3. The molecule has 0 spiro atoms. The Balaban J connectivity index is 2.07. The van der Waals surface area contributed by atoms with Crippen LogP contribution in [0.2, 0.25) is 6.04 Å². The van der Waals surface area contributed by atoms with E-state index >= 15 is 0 Å². The Bertz CT molecular complexity index is 637. The van der Waals surface area contributed by atoms with Gasteiger partial charge in [0.15, 0.2) is 0 Å². The van der Waals surface area contributed by atoms with Gasteiger partial charge in [0.1, 0.15) is 8.80 Å². The van der Waals surface area contributed by atoms with Gasteiger partial charge in [-0.2, -0.15) is 0 Å². The van der Waals surface area contributed by atoms with E-state index in [-0.39, 0.29) is 0 Å². The lowest BCUT2D eigenvalue weighted by Crippen LogP contribution is -2.36. The van der Waals surface area contributed by atoms with Crippen molar-refractivity contribution >= 4 is 19.6 Å². The van der Waals surface area contributed by atoms with Gasteiger partial charge in [0.25, 0.3) is 0 Å². The van der Waals surface area contributed by atoms with Gasteiger partial charge in [-0.15, -0.1) is 0 Å². The molecule has 2 nitrogen and oxygen atoms in total. The number of hydrogen-bond donors (Lipinski definition) is 0. The summed E-state index contributed by atoms with van der Waals surface area (Å²) in [7, 11) is 3.21. The lowest BCUT2D eigenvalue weighted by Gasteiger charge is -2.18. The zero-order valence-electron chi connectivity index (χ0n) is 15.9. The maximum atomic E-state index is 5.79. The molecular formula is C22H31NOSi. The second-order valence-corrected chi connectivity index (χ2v) is 9.74. The van der Waals surface area contributed by atoms with E-state index in [2.05, 4.69) is 81.0 Å². The van der Waals surface area contributed by atoms with Gasteiger partial charge in [-0.25, -0.2) is 0 Å². The highest BCUT2D eigenvalue weighted by Crippen LogP contribution is 2.20. The largest absolute Gasteiger partial charge is 0.385 e. The van der Waals surface area contributed by atoms with Gasteiger partial charge >= 0.3 is 0 Å². The molecule has 0 bridgehead atoms. The molecule has 1 unspecified atom stereocenters. The number of benzene rings is 2. The summed E-state index contributed by atoms with van der Waals surface area (Å²) in [5.74, 6) is 0. The highest BCUT2D eigenvalue weighted by Gasteiger charge is 2.14. The normalized spacial score (nSPS) is 12.3. The molecule has 2 rings (SSSR count). The molecule has 0 saturated carbocycles. The standard InChI is InChI=1S/C22H31NOSi/c1-5-24-18-25(17-9-16-23(3)4)22-14-12-21(13-15-22)19(2)20-10-7-6-8-11-20/h6-8,10-15,25H,2,5,9,16-18H2,1,3-4H3. The molecule has 0 aliphatic rings. The Morgan fingerprint density at radius 1 is 1.00 bits per heavy atom. The lowest BCUT2D eigenvalue weighted by atomic mass is 10.00. The monoisotopic (exact) mass is 353 g/mol. The first kappa shape index (κ1) is 19.6. The second kappa shape index (κ2) is 10.3. The van der Waals surface area contributed by atoms with Crippen LogP contribution < -0.4 is 5.19 Å². The minimum Gasteiger partial charge on any atom is -0.385 e. The molecule has 134 valence electrons. The highest BCUT2D eigenvalue weighted by molar-refractivity contribution is 6.73. The summed E-state index contributed by atoms with van der Waals surface area (Å²) in [6, 6.07) is 20.7. The number of ether oxygens (including phenoxy) is 1. The van der Waals surface area contributed by atoms with E-state index in [0.717, 1.165) is 25.0 Å². The van der Waals surface area contributed by atoms with Crippen LogP contribution in [-0.2, 0) is 4.74 Å². The minimum absolute atomic E-state index is 0.806. The molecule has 0 heterocycles. The van der Waals surface area contributed by atoms with E-state index in [1.807, 2.05) is 6.07 Å². The van der Waals surface area contributed by atoms with Crippen LogP contribution in [0.5, 0.6) is 0 Å². The van der Waals surface area contributed by atoms with Crippen molar-refractivity contribution in [2.75, 3.05) is 33.5 Å². The predicted octanol–water partition coefficient (Wildman–Crippen LogP) is 3.71. The topological polar surface area (TPSA) is 12.5 Å². The van der Waals surface area contributed by atoms with Crippen molar-refractivity contribution < 1.29 is 4.74 Å². The van der Waals surface area contributed by atoms with Crippen LogP contribution in [0.25, 0.3) is 5.57 Å².